The van der Waals surface area contributed by atoms with E-state index in [4.69, 9.17) is 0 Å². The van der Waals surface area contributed by atoms with Gasteiger partial charge in [-0.15, -0.1) is 0 Å². The maximum Gasteiger partial charge on any atom is 0.220 e. The monoisotopic (exact) mass is 622 g/mol. The van der Waals surface area contributed by atoms with Crippen LogP contribution in [0.25, 0.3) is 0 Å². The van der Waals surface area contributed by atoms with Crippen LogP contribution < -0.4 is 5.32 Å². The molecule has 0 aromatic carbocycles. The zero-order valence-electron chi connectivity index (χ0n) is 29.9. The first-order chi connectivity index (χ1) is 21.7. The molecule has 0 unspecified atom stereocenters. The van der Waals surface area contributed by atoms with Crippen molar-refractivity contribution in [3.8, 4) is 0 Å². The number of aliphatic hydroxyl groups is 2. The molecule has 0 saturated heterocycles. The van der Waals surface area contributed by atoms with E-state index in [0.717, 1.165) is 25.7 Å². The second-order valence-electron chi connectivity index (χ2n) is 13.7. The average Bonchev–Trinajstić information content (AvgIpc) is 3.03. The molecule has 0 heterocycles. The van der Waals surface area contributed by atoms with Gasteiger partial charge in [-0.05, 0) is 19.3 Å². The fraction of sp³-hybridized carbons (Fsp3) is 0.925. The number of aliphatic hydroxyl groups excluding tert-OH is 2. The van der Waals surface area contributed by atoms with Crippen LogP contribution in [-0.4, -0.2) is 34.9 Å². The van der Waals surface area contributed by atoms with Gasteiger partial charge in [-0.1, -0.05) is 206 Å². The molecule has 0 fully saturated rings. The minimum Gasteiger partial charge on any atom is -0.394 e. The number of rotatable bonds is 36. The van der Waals surface area contributed by atoms with Crippen molar-refractivity contribution < 1.29 is 15.0 Å². The molecule has 0 rings (SSSR count). The van der Waals surface area contributed by atoms with Gasteiger partial charge in [-0.3, -0.25) is 4.79 Å². The highest BCUT2D eigenvalue weighted by atomic mass is 16.3. The summed E-state index contributed by atoms with van der Waals surface area (Å²) in [5.74, 6) is -0.0615. The van der Waals surface area contributed by atoms with Gasteiger partial charge in [0.05, 0.1) is 18.8 Å². The Balaban J connectivity index is 3.57. The smallest absolute Gasteiger partial charge is 0.220 e. The Morgan fingerprint density at radius 2 is 0.841 bits per heavy atom. The lowest BCUT2D eigenvalue weighted by molar-refractivity contribution is -0.123. The van der Waals surface area contributed by atoms with Crippen molar-refractivity contribution in [1.82, 2.24) is 5.32 Å². The standard InChI is InChI=1S/C40H79NO3/c1-3-5-7-9-11-13-15-17-19-20-22-23-25-27-29-31-33-35-39(43)38(37-42)41-40(44)36-34-32-30-28-26-24-21-18-16-14-12-10-8-6-4-2/h33,35,38-39,42-43H,3-32,34,36-37H2,1-2H3,(H,41,44)/b35-33+/t38-,39+/m0/s1. The molecular formula is C40H79NO3. The number of carbonyl (C=O) groups is 1. The normalized spacial score (nSPS) is 13.1. The Morgan fingerprint density at radius 1 is 0.523 bits per heavy atom. The van der Waals surface area contributed by atoms with E-state index in [9.17, 15) is 15.0 Å². The molecule has 0 radical (unpaired) electrons. The highest BCUT2D eigenvalue weighted by Crippen LogP contribution is 2.15. The van der Waals surface area contributed by atoms with E-state index < -0.39 is 12.1 Å². The average molecular weight is 622 g/mol. The highest BCUT2D eigenvalue weighted by molar-refractivity contribution is 5.76. The lowest BCUT2D eigenvalue weighted by Crippen LogP contribution is -2.45. The first-order valence-electron chi connectivity index (χ1n) is 19.9. The van der Waals surface area contributed by atoms with Gasteiger partial charge in [-0.25, -0.2) is 0 Å². The fourth-order valence-corrected chi connectivity index (χ4v) is 6.18. The predicted molar refractivity (Wildman–Crippen MR) is 193 cm³/mol. The minimum atomic E-state index is -0.832. The molecule has 0 aliphatic carbocycles. The number of hydrogen-bond acceptors (Lipinski definition) is 3. The molecule has 44 heavy (non-hydrogen) atoms. The third-order valence-electron chi connectivity index (χ3n) is 9.27. The number of carbonyl (C=O) groups excluding carboxylic acids is 1. The molecule has 0 bridgehead atoms. The van der Waals surface area contributed by atoms with Crippen molar-refractivity contribution in [1.29, 1.82) is 0 Å². The number of unbranched alkanes of at least 4 members (excludes halogenated alkanes) is 29. The Kier molecular flexibility index (Phi) is 35.9. The maximum absolute atomic E-state index is 12.3. The molecule has 0 aromatic heterocycles. The van der Waals surface area contributed by atoms with E-state index in [1.54, 1.807) is 6.08 Å². The van der Waals surface area contributed by atoms with Crippen LogP contribution in [0.4, 0.5) is 0 Å². The van der Waals surface area contributed by atoms with Crippen molar-refractivity contribution in [2.45, 2.75) is 231 Å². The van der Waals surface area contributed by atoms with Crippen molar-refractivity contribution in [3.05, 3.63) is 12.2 Å². The van der Waals surface area contributed by atoms with Crippen LogP contribution in [0.5, 0.6) is 0 Å². The van der Waals surface area contributed by atoms with Crippen LogP contribution >= 0.6 is 0 Å². The van der Waals surface area contributed by atoms with Gasteiger partial charge in [0.25, 0.3) is 0 Å². The topological polar surface area (TPSA) is 69.6 Å². The zero-order valence-corrected chi connectivity index (χ0v) is 29.9. The van der Waals surface area contributed by atoms with Crippen LogP contribution in [0, 0.1) is 0 Å². The number of amides is 1. The molecule has 4 nitrogen and oxygen atoms in total. The van der Waals surface area contributed by atoms with E-state index in [1.807, 2.05) is 6.08 Å². The van der Waals surface area contributed by atoms with E-state index in [0.29, 0.717) is 6.42 Å². The summed E-state index contributed by atoms with van der Waals surface area (Å²) in [6.45, 7) is 4.32. The molecular weight excluding hydrogens is 542 g/mol. The molecule has 2 atom stereocenters. The van der Waals surface area contributed by atoms with E-state index in [2.05, 4.69) is 19.2 Å². The van der Waals surface area contributed by atoms with Crippen molar-refractivity contribution in [2.24, 2.45) is 0 Å². The molecule has 0 aromatic rings. The first-order valence-corrected chi connectivity index (χ1v) is 19.9. The van der Waals surface area contributed by atoms with Gasteiger partial charge in [0.1, 0.15) is 0 Å². The van der Waals surface area contributed by atoms with E-state index in [1.165, 1.54) is 173 Å². The molecule has 3 N–H and O–H groups in total. The van der Waals surface area contributed by atoms with Gasteiger partial charge in [-0.2, -0.15) is 0 Å². The summed E-state index contributed by atoms with van der Waals surface area (Å²) in [5.41, 5.74) is 0. The van der Waals surface area contributed by atoms with Crippen molar-refractivity contribution in [2.75, 3.05) is 6.61 Å². The third kappa shape index (κ3) is 32.5. The largest absolute Gasteiger partial charge is 0.394 e. The Morgan fingerprint density at radius 3 is 1.18 bits per heavy atom. The lowest BCUT2D eigenvalue weighted by atomic mass is 10.0. The third-order valence-corrected chi connectivity index (χ3v) is 9.27. The van der Waals surface area contributed by atoms with Crippen LogP contribution in [0.2, 0.25) is 0 Å². The van der Waals surface area contributed by atoms with Crippen LogP contribution in [-0.2, 0) is 4.79 Å². The van der Waals surface area contributed by atoms with E-state index >= 15 is 0 Å². The predicted octanol–water partition coefficient (Wildman–Crippen LogP) is 11.9. The van der Waals surface area contributed by atoms with Gasteiger partial charge in [0.15, 0.2) is 0 Å². The molecule has 1 amide bonds. The van der Waals surface area contributed by atoms with Gasteiger partial charge in [0.2, 0.25) is 5.91 Å². The zero-order chi connectivity index (χ0) is 32.2. The minimum absolute atomic E-state index is 0.0615. The SMILES string of the molecule is CCCCCCCCCCCCCCCCC/C=C/[C@@H](O)[C@H](CO)NC(=O)CCCCCCCCCCCCCCCCC. The highest BCUT2D eigenvalue weighted by Gasteiger charge is 2.17. The summed E-state index contributed by atoms with van der Waals surface area (Å²) in [7, 11) is 0. The number of hydrogen-bond donors (Lipinski definition) is 3. The molecule has 4 heteroatoms. The molecule has 262 valence electrons. The molecule has 0 aliphatic rings. The summed E-state index contributed by atoms with van der Waals surface area (Å²) in [4.78, 5) is 12.3. The number of nitrogens with one attached hydrogen (secondary N) is 1. The molecule has 0 spiro atoms. The summed E-state index contributed by atoms with van der Waals surface area (Å²) in [5, 5.41) is 22.9. The van der Waals surface area contributed by atoms with Gasteiger partial charge < -0.3 is 15.5 Å². The first kappa shape index (κ1) is 43.1. The quantitative estimate of drug-likeness (QED) is 0.0481. The Labute approximate surface area is 276 Å². The summed E-state index contributed by atoms with van der Waals surface area (Å²) < 4.78 is 0. The number of allylic oxidation sites excluding steroid dienone is 1. The summed E-state index contributed by atoms with van der Waals surface area (Å²) in [6.07, 6.45) is 44.4. The summed E-state index contributed by atoms with van der Waals surface area (Å²) in [6, 6.07) is -0.615. The lowest BCUT2D eigenvalue weighted by Gasteiger charge is -2.20. The van der Waals surface area contributed by atoms with Crippen molar-refractivity contribution in [3.63, 3.8) is 0 Å². The van der Waals surface area contributed by atoms with Crippen molar-refractivity contribution >= 4 is 5.91 Å². The van der Waals surface area contributed by atoms with Gasteiger partial charge >= 0.3 is 0 Å². The molecule has 0 saturated carbocycles. The van der Waals surface area contributed by atoms with Crippen LogP contribution in [0.1, 0.15) is 219 Å². The fourth-order valence-electron chi connectivity index (χ4n) is 6.18. The Hall–Kier alpha value is -0.870. The Bertz CT molecular complexity index is 593. The second-order valence-corrected chi connectivity index (χ2v) is 13.7. The maximum atomic E-state index is 12.3. The molecule has 0 aliphatic heterocycles. The van der Waals surface area contributed by atoms with Crippen LogP contribution in [0.15, 0.2) is 12.2 Å². The van der Waals surface area contributed by atoms with Crippen LogP contribution in [0.3, 0.4) is 0 Å². The second kappa shape index (κ2) is 36.6. The van der Waals surface area contributed by atoms with Gasteiger partial charge in [0, 0.05) is 6.42 Å². The van der Waals surface area contributed by atoms with E-state index in [-0.39, 0.29) is 12.5 Å². The summed E-state index contributed by atoms with van der Waals surface area (Å²) >= 11 is 0.